The van der Waals surface area contributed by atoms with Crippen molar-refractivity contribution in [2.75, 3.05) is 26.2 Å². The summed E-state index contributed by atoms with van der Waals surface area (Å²) in [6, 6.07) is 19.1. The van der Waals surface area contributed by atoms with E-state index in [0.717, 1.165) is 31.8 Å². The number of hydrogen-bond donors (Lipinski definition) is 2. The highest BCUT2D eigenvalue weighted by atomic mass is 16.5. The van der Waals surface area contributed by atoms with Crippen LogP contribution in [0.25, 0.3) is 0 Å². The molecule has 4 rings (SSSR count). The Morgan fingerprint density at radius 2 is 1.90 bits per heavy atom. The molecule has 2 aliphatic heterocycles. The van der Waals surface area contributed by atoms with Crippen molar-refractivity contribution in [1.29, 1.82) is 0 Å². The Morgan fingerprint density at radius 1 is 1.07 bits per heavy atom. The molecule has 2 unspecified atom stereocenters. The summed E-state index contributed by atoms with van der Waals surface area (Å²) in [6.07, 6.45) is 4.66. The van der Waals surface area contributed by atoms with E-state index in [1.807, 2.05) is 18.2 Å². The highest BCUT2D eigenvalue weighted by Gasteiger charge is 2.22. The molecule has 3 N–H and O–H groups in total. The number of para-hydroxylation sites is 1. The van der Waals surface area contributed by atoms with Crippen molar-refractivity contribution in [2.45, 2.75) is 38.3 Å². The number of ether oxygens (including phenoxy) is 1. The predicted octanol–water partition coefficient (Wildman–Crippen LogP) is 3.72. The second-order valence-electron chi connectivity index (χ2n) is 8.18. The topological polar surface area (TPSA) is 62.9 Å². The highest BCUT2D eigenvalue weighted by molar-refractivity contribution is 5.78. The Morgan fingerprint density at radius 3 is 2.79 bits per heavy atom. The molecule has 29 heavy (non-hydrogen) atoms. The average molecular weight is 393 g/mol. The summed E-state index contributed by atoms with van der Waals surface area (Å²) in [4.78, 5) is 7.28. The van der Waals surface area contributed by atoms with Crippen molar-refractivity contribution in [3.63, 3.8) is 0 Å². The highest BCUT2D eigenvalue weighted by Crippen LogP contribution is 2.31. The van der Waals surface area contributed by atoms with E-state index in [1.54, 1.807) is 0 Å². The molecule has 0 amide bonds. The van der Waals surface area contributed by atoms with Gasteiger partial charge in [0.1, 0.15) is 5.75 Å². The number of nitrogens with zero attached hydrogens (tertiary/aromatic N) is 2. The molecule has 2 heterocycles. The molecule has 1 fully saturated rings. The molecular weight excluding hydrogens is 360 g/mol. The standard InChI is InChI=1S/C24H32N4O/c25-24(27-22-13-15-29-23-12-5-4-11-21(22)23)26-16-20-10-6-7-14-28(18-20)17-19-8-2-1-3-9-19/h1-5,8-9,11-12,20,22H,6-7,10,13-18H2,(H3,25,26,27). The first-order valence-electron chi connectivity index (χ1n) is 10.8. The van der Waals surface area contributed by atoms with E-state index < -0.39 is 0 Å². The third-order valence-electron chi connectivity index (χ3n) is 5.90. The van der Waals surface area contributed by atoms with Crippen molar-refractivity contribution in [2.24, 2.45) is 16.6 Å². The third kappa shape index (κ3) is 5.51. The second kappa shape index (κ2) is 9.79. The van der Waals surface area contributed by atoms with E-state index in [0.29, 0.717) is 18.5 Å². The van der Waals surface area contributed by atoms with E-state index in [4.69, 9.17) is 15.5 Å². The van der Waals surface area contributed by atoms with Gasteiger partial charge >= 0.3 is 0 Å². The van der Waals surface area contributed by atoms with Crippen molar-refractivity contribution in [3.05, 3.63) is 65.7 Å². The van der Waals surface area contributed by atoms with E-state index >= 15 is 0 Å². The molecular formula is C24H32N4O. The third-order valence-corrected chi connectivity index (χ3v) is 5.90. The molecule has 0 bridgehead atoms. The van der Waals surface area contributed by atoms with Crippen LogP contribution in [0.1, 0.15) is 42.9 Å². The number of guanidine groups is 1. The van der Waals surface area contributed by atoms with Crippen LogP contribution in [0.4, 0.5) is 0 Å². The van der Waals surface area contributed by atoms with Gasteiger partial charge in [-0.1, -0.05) is 55.0 Å². The van der Waals surface area contributed by atoms with E-state index in [2.05, 4.69) is 46.6 Å². The molecule has 2 aliphatic rings. The van der Waals surface area contributed by atoms with Gasteiger partial charge in [0.05, 0.1) is 12.6 Å². The van der Waals surface area contributed by atoms with Crippen molar-refractivity contribution in [3.8, 4) is 5.75 Å². The van der Waals surface area contributed by atoms with Gasteiger partial charge in [-0.05, 0) is 36.9 Å². The Bertz CT molecular complexity index is 808. The van der Waals surface area contributed by atoms with Gasteiger partial charge in [0.25, 0.3) is 0 Å². The van der Waals surface area contributed by atoms with E-state index in [1.165, 1.54) is 36.9 Å². The molecule has 0 radical (unpaired) electrons. The summed E-state index contributed by atoms with van der Waals surface area (Å²) in [5.41, 5.74) is 8.81. The van der Waals surface area contributed by atoms with Crippen molar-refractivity contribution in [1.82, 2.24) is 10.2 Å². The number of fused-ring (bicyclic) bond motifs is 1. The number of benzene rings is 2. The number of likely N-dealkylation sites (tertiary alicyclic amines) is 1. The van der Waals surface area contributed by atoms with Gasteiger partial charge in [-0.15, -0.1) is 0 Å². The van der Waals surface area contributed by atoms with Crippen LogP contribution < -0.4 is 15.8 Å². The first kappa shape index (κ1) is 19.8. The molecule has 2 atom stereocenters. The monoisotopic (exact) mass is 392 g/mol. The van der Waals surface area contributed by atoms with Crippen LogP contribution in [-0.4, -0.2) is 37.1 Å². The van der Waals surface area contributed by atoms with Crippen LogP contribution in [0.5, 0.6) is 5.75 Å². The lowest BCUT2D eigenvalue weighted by molar-refractivity contribution is 0.243. The summed E-state index contributed by atoms with van der Waals surface area (Å²) >= 11 is 0. The molecule has 0 aromatic heterocycles. The van der Waals surface area contributed by atoms with Crippen LogP contribution in [0.2, 0.25) is 0 Å². The molecule has 0 saturated carbocycles. The summed E-state index contributed by atoms with van der Waals surface area (Å²) in [6.45, 7) is 4.77. The zero-order valence-corrected chi connectivity index (χ0v) is 17.1. The van der Waals surface area contributed by atoms with Crippen LogP contribution >= 0.6 is 0 Å². The van der Waals surface area contributed by atoms with Gasteiger partial charge in [0, 0.05) is 31.6 Å². The molecule has 2 aromatic rings. The minimum atomic E-state index is 0.174. The molecule has 2 aromatic carbocycles. The second-order valence-corrected chi connectivity index (χ2v) is 8.18. The fraction of sp³-hybridized carbons (Fsp3) is 0.458. The number of rotatable bonds is 5. The number of aliphatic imine (C=N–C) groups is 1. The number of nitrogens with two attached hydrogens (primary N) is 1. The molecule has 0 aliphatic carbocycles. The lowest BCUT2D eigenvalue weighted by Gasteiger charge is -2.27. The lowest BCUT2D eigenvalue weighted by Crippen LogP contribution is -2.38. The Balaban J connectivity index is 1.33. The Kier molecular flexibility index (Phi) is 6.67. The molecule has 1 saturated heterocycles. The summed E-state index contributed by atoms with van der Waals surface area (Å²) in [5, 5.41) is 3.42. The zero-order valence-electron chi connectivity index (χ0n) is 17.1. The maximum atomic E-state index is 6.26. The minimum absolute atomic E-state index is 0.174. The fourth-order valence-corrected chi connectivity index (χ4v) is 4.39. The number of nitrogens with one attached hydrogen (secondary N) is 1. The molecule has 154 valence electrons. The average Bonchev–Trinajstić information content (AvgIpc) is 2.98. The van der Waals surface area contributed by atoms with Crippen molar-refractivity contribution >= 4 is 5.96 Å². The largest absolute Gasteiger partial charge is 0.493 e. The van der Waals surface area contributed by atoms with Gasteiger partial charge in [-0.2, -0.15) is 0 Å². The van der Waals surface area contributed by atoms with Gasteiger partial charge in [-0.3, -0.25) is 9.89 Å². The molecule has 5 heteroatoms. The first-order chi connectivity index (χ1) is 14.3. The smallest absolute Gasteiger partial charge is 0.189 e. The van der Waals surface area contributed by atoms with Crippen LogP contribution in [0.3, 0.4) is 0 Å². The molecule has 5 nitrogen and oxygen atoms in total. The summed E-state index contributed by atoms with van der Waals surface area (Å²) in [5.74, 6) is 2.05. The first-order valence-corrected chi connectivity index (χ1v) is 10.8. The van der Waals surface area contributed by atoms with Crippen LogP contribution in [0, 0.1) is 5.92 Å². The Hall–Kier alpha value is -2.53. The van der Waals surface area contributed by atoms with Crippen molar-refractivity contribution < 1.29 is 4.74 Å². The van der Waals surface area contributed by atoms with Crippen LogP contribution in [0.15, 0.2) is 59.6 Å². The van der Waals surface area contributed by atoms with Gasteiger partial charge < -0.3 is 15.8 Å². The normalized spacial score (nSPS) is 23.0. The summed E-state index contributed by atoms with van der Waals surface area (Å²) < 4.78 is 5.74. The van der Waals surface area contributed by atoms with E-state index in [9.17, 15) is 0 Å². The van der Waals surface area contributed by atoms with Gasteiger partial charge in [-0.25, -0.2) is 0 Å². The van der Waals surface area contributed by atoms with Gasteiger partial charge in [0.2, 0.25) is 0 Å². The van der Waals surface area contributed by atoms with Crippen LogP contribution in [-0.2, 0) is 6.54 Å². The van der Waals surface area contributed by atoms with E-state index in [-0.39, 0.29) is 6.04 Å². The quantitative estimate of drug-likeness (QED) is 0.601. The summed E-state index contributed by atoms with van der Waals surface area (Å²) in [7, 11) is 0. The maximum absolute atomic E-state index is 6.26. The minimum Gasteiger partial charge on any atom is -0.493 e. The Labute approximate surface area is 174 Å². The lowest BCUT2D eigenvalue weighted by atomic mass is 10.0. The zero-order chi connectivity index (χ0) is 19.9. The maximum Gasteiger partial charge on any atom is 0.189 e. The van der Waals surface area contributed by atoms with Gasteiger partial charge in [0.15, 0.2) is 5.96 Å². The SMILES string of the molecule is NC(=NCC1CCCCN(Cc2ccccc2)C1)NC1CCOc2ccccc21. The predicted molar refractivity (Wildman–Crippen MR) is 118 cm³/mol. The molecule has 0 spiro atoms. The fourth-order valence-electron chi connectivity index (χ4n) is 4.39. The number of hydrogen-bond acceptors (Lipinski definition) is 3.